The summed E-state index contributed by atoms with van der Waals surface area (Å²) in [6, 6.07) is 8.65. The Kier molecular flexibility index (Phi) is 5.40. The van der Waals surface area contributed by atoms with E-state index in [4.69, 9.17) is 10.00 Å². The van der Waals surface area contributed by atoms with E-state index >= 15 is 0 Å². The number of benzene rings is 1. The van der Waals surface area contributed by atoms with Gasteiger partial charge in [0, 0.05) is 12.6 Å². The molecule has 1 fully saturated rings. The van der Waals surface area contributed by atoms with Crippen LogP contribution in [0.25, 0.3) is 0 Å². The van der Waals surface area contributed by atoms with Crippen LogP contribution in [-0.4, -0.2) is 62.3 Å². The summed E-state index contributed by atoms with van der Waals surface area (Å²) >= 11 is 0. The van der Waals surface area contributed by atoms with Gasteiger partial charge in [0.1, 0.15) is 18.5 Å². The van der Waals surface area contributed by atoms with E-state index in [9.17, 15) is 13.5 Å². The summed E-state index contributed by atoms with van der Waals surface area (Å²) in [6.45, 7) is 0.478. The number of rotatable bonds is 6. The molecule has 1 aliphatic rings. The number of aliphatic hydroxyl groups excluding tert-OH is 1. The van der Waals surface area contributed by atoms with Gasteiger partial charge in [0.25, 0.3) is 0 Å². The number of sulfone groups is 1. The SMILES string of the molecule is CN(C[C@H](O)COc1ccc(C#N)cc1)[C@H]1CCS(=O)(=O)C1. The van der Waals surface area contributed by atoms with Gasteiger partial charge in [-0.1, -0.05) is 0 Å². The number of ether oxygens (including phenoxy) is 1. The van der Waals surface area contributed by atoms with Crippen molar-refractivity contribution in [2.75, 3.05) is 31.7 Å². The molecule has 0 unspecified atom stereocenters. The zero-order valence-corrected chi connectivity index (χ0v) is 13.3. The van der Waals surface area contributed by atoms with Crippen molar-refractivity contribution in [3.05, 3.63) is 29.8 Å². The van der Waals surface area contributed by atoms with Crippen molar-refractivity contribution in [3.63, 3.8) is 0 Å². The third-order valence-corrected chi connectivity index (χ3v) is 5.51. The quantitative estimate of drug-likeness (QED) is 0.815. The maximum atomic E-state index is 11.5. The summed E-state index contributed by atoms with van der Waals surface area (Å²) in [5.41, 5.74) is 0.551. The average Bonchev–Trinajstić information content (AvgIpc) is 2.86. The smallest absolute Gasteiger partial charge is 0.151 e. The Balaban J connectivity index is 1.77. The predicted molar refractivity (Wildman–Crippen MR) is 82.3 cm³/mol. The highest BCUT2D eigenvalue weighted by atomic mass is 32.2. The maximum absolute atomic E-state index is 11.5. The lowest BCUT2D eigenvalue weighted by atomic mass is 10.2. The number of hydrogen-bond donors (Lipinski definition) is 1. The minimum absolute atomic E-state index is 0.0328. The normalized spacial score (nSPS) is 21.5. The lowest BCUT2D eigenvalue weighted by Crippen LogP contribution is -2.40. The molecule has 1 aromatic carbocycles. The van der Waals surface area contributed by atoms with E-state index in [2.05, 4.69) is 0 Å². The Morgan fingerprint density at radius 2 is 2.14 bits per heavy atom. The molecule has 2 rings (SSSR count). The first kappa shape index (κ1) is 16.7. The first-order valence-electron chi connectivity index (χ1n) is 7.11. The van der Waals surface area contributed by atoms with Crippen LogP contribution in [0.15, 0.2) is 24.3 Å². The number of aliphatic hydroxyl groups is 1. The summed E-state index contributed by atoms with van der Waals surface area (Å²) < 4.78 is 28.4. The van der Waals surface area contributed by atoms with Crippen molar-refractivity contribution in [1.82, 2.24) is 4.90 Å². The zero-order chi connectivity index (χ0) is 16.2. The van der Waals surface area contributed by atoms with Gasteiger partial charge < -0.3 is 9.84 Å². The molecular formula is C15H20N2O4S. The molecule has 1 aliphatic heterocycles. The van der Waals surface area contributed by atoms with Crippen LogP contribution in [-0.2, 0) is 9.84 Å². The molecule has 1 saturated heterocycles. The zero-order valence-electron chi connectivity index (χ0n) is 12.5. The molecule has 0 aromatic heterocycles. The van der Waals surface area contributed by atoms with E-state index in [1.807, 2.05) is 18.0 Å². The van der Waals surface area contributed by atoms with Crippen LogP contribution in [0.3, 0.4) is 0 Å². The van der Waals surface area contributed by atoms with E-state index < -0.39 is 15.9 Å². The van der Waals surface area contributed by atoms with Crippen LogP contribution < -0.4 is 4.74 Å². The Morgan fingerprint density at radius 1 is 1.45 bits per heavy atom. The first-order chi connectivity index (χ1) is 10.4. The van der Waals surface area contributed by atoms with Crippen molar-refractivity contribution >= 4 is 9.84 Å². The van der Waals surface area contributed by atoms with Gasteiger partial charge in [0.05, 0.1) is 23.1 Å². The van der Waals surface area contributed by atoms with Crippen molar-refractivity contribution in [2.45, 2.75) is 18.6 Å². The minimum atomic E-state index is -2.92. The van der Waals surface area contributed by atoms with Crippen LogP contribution in [0.1, 0.15) is 12.0 Å². The van der Waals surface area contributed by atoms with E-state index in [1.54, 1.807) is 24.3 Å². The molecule has 2 atom stereocenters. The van der Waals surface area contributed by atoms with Crippen LogP contribution in [0, 0.1) is 11.3 Å². The van der Waals surface area contributed by atoms with E-state index in [1.165, 1.54) is 0 Å². The van der Waals surface area contributed by atoms with Crippen molar-refractivity contribution in [1.29, 1.82) is 5.26 Å². The second-order valence-electron chi connectivity index (χ2n) is 5.60. The minimum Gasteiger partial charge on any atom is -0.491 e. The molecule has 0 aliphatic carbocycles. The molecule has 0 bridgehead atoms. The van der Waals surface area contributed by atoms with Gasteiger partial charge in [0.15, 0.2) is 9.84 Å². The Hall–Kier alpha value is -1.62. The van der Waals surface area contributed by atoms with Crippen LogP contribution in [0.4, 0.5) is 0 Å². The number of nitrogens with zero attached hydrogens (tertiary/aromatic N) is 2. The Bertz CT molecular complexity index is 637. The summed E-state index contributed by atoms with van der Waals surface area (Å²) in [5, 5.41) is 18.7. The standard InChI is InChI=1S/C15H20N2O4S/c1-17(13-6-7-22(19,20)11-13)9-14(18)10-21-15-4-2-12(8-16)3-5-15/h2-5,13-14,18H,6-7,9-11H2,1H3/t13-,14-/m0/s1. The molecule has 120 valence electrons. The van der Waals surface area contributed by atoms with E-state index in [0.717, 1.165) is 0 Å². The fraction of sp³-hybridized carbons (Fsp3) is 0.533. The lowest BCUT2D eigenvalue weighted by Gasteiger charge is -2.25. The molecule has 0 spiro atoms. The molecule has 1 N–H and O–H groups in total. The third-order valence-electron chi connectivity index (χ3n) is 3.76. The molecule has 7 heteroatoms. The van der Waals surface area contributed by atoms with E-state index in [0.29, 0.717) is 24.3 Å². The molecule has 1 aromatic rings. The number of likely N-dealkylation sites (N-methyl/N-ethyl adjacent to an activating group) is 1. The van der Waals surface area contributed by atoms with Gasteiger partial charge >= 0.3 is 0 Å². The molecule has 6 nitrogen and oxygen atoms in total. The van der Waals surface area contributed by atoms with Gasteiger partial charge in [-0.2, -0.15) is 5.26 Å². The van der Waals surface area contributed by atoms with Gasteiger partial charge in [-0.3, -0.25) is 4.90 Å². The molecule has 0 radical (unpaired) electrons. The fourth-order valence-corrected chi connectivity index (χ4v) is 4.28. The highest BCUT2D eigenvalue weighted by Gasteiger charge is 2.31. The Morgan fingerprint density at radius 3 is 2.68 bits per heavy atom. The second kappa shape index (κ2) is 7.09. The van der Waals surface area contributed by atoms with Gasteiger partial charge in [-0.05, 0) is 37.7 Å². The van der Waals surface area contributed by atoms with Crippen LogP contribution >= 0.6 is 0 Å². The molecular weight excluding hydrogens is 304 g/mol. The van der Waals surface area contributed by atoms with E-state index in [-0.39, 0.29) is 24.2 Å². The average molecular weight is 324 g/mol. The van der Waals surface area contributed by atoms with Crippen molar-refractivity contribution in [2.24, 2.45) is 0 Å². The molecule has 22 heavy (non-hydrogen) atoms. The monoisotopic (exact) mass is 324 g/mol. The lowest BCUT2D eigenvalue weighted by molar-refractivity contribution is 0.0664. The topological polar surface area (TPSA) is 90.6 Å². The molecule has 0 amide bonds. The molecule has 1 heterocycles. The van der Waals surface area contributed by atoms with Gasteiger partial charge in [0.2, 0.25) is 0 Å². The second-order valence-corrected chi connectivity index (χ2v) is 7.83. The van der Waals surface area contributed by atoms with Crippen LogP contribution in [0.5, 0.6) is 5.75 Å². The number of nitriles is 1. The Labute approximate surface area is 130 Å². The summed E-state index contributed by atoms with van der Waals surface area (Å²) in [6.07, 6.45) is -0.0916. The predicted octanol–water partition coefficient (Wildman–Crippen LogP) is 0.417. The van der Waals surface area contributed by atoms with Gasteiger partial charge in [-0.15, -0.1) is 0 Å². The van der Waals surface area contributed by atoms with Gasteiger partial charge in [-0.25, -0.2) is 8.42 Å². The van der Waals surface area contributed by atoms with Crippen molar-refractivity contribution in [3.8, 4) is 11.8 Å². The van der Waals surface area contributed by atoms with Crippen LogP contribution in [0.2, 0.25) is 0 Å². The molecule has 0 saturated carbocycles. The fourth-order valence-electron chi connectivity index (χ4n) is 2.48. The summed E-state index contributed by atoms with van der Waals surface area (Å²) in [4.78, 5) is 1.87. The highest BCUT2D eigenvalue weighted by molar-refractivity contribution is 7.91. The highest BCUT2D eigenvalue weighted by Crippen LogP contribution is 2.17. The summed E-state index contributed by atoms with van der Waals surface area (Å²) in [7, 11) is -1.10. The first-order valence-corrected chi connectivity index (χ1v) is 8.93. The third kappa shape index (κ3) is 4.70. The van der Waals surface area contributed by atoms with Crippen molar-refractivity contribution < 1.29 is 18.3 Å². The maximum Gasteiger partial charge on any atom is 0.151 e. The number of hydrogen-bond acceptors (Lipinski definition) is 6. The summed E-state index contributed by atoms with van der Waals surface area (Å²) in [5.74, 6) is 0.969. The largest absolute Gasteiger partial charge is 0.491 e.